The van der Waals surface area contributed by atoms with E-state index in [1.807, 2.05) is 20.8 Å². The lowest BCUT2D eigenvalue weighted by Crippen LogP contribution is -2.36. The van der Waals surface area contributed by atoms with Crippen LogP contribution in [0.2, 0.25) is 0 Å². The number of nitrogens with zero attached hydrogens (tertiary/aromatic N) is 2. The summed E-state index contributed by atoms with van der Waals surface area (Å²) in [5.74, 6) is -0.522. The van der Waals surface area contributed by atoms with Crippen LogP contribution in [0.15, 0.2) is 12.3 Å². The van der Waals surface area contributed by atoms with Crippen molar-refractivity contribution in [2.24, 2.45) is 0 Å². The first kappa shape index (κ1) is 9.83. The number of imide groups is 1. The van der Waals surface area contributed by atoms with E-state index in [1.165, 1.54) is 4.90 Å². The summed E-state index contributed by atoms with van der Waals surface area (Å²) in [6, 6.07) is 1.59. The summed E-state index contributed by atoms with van der Waals surface area (Å²) in [4.78, 5) is 28.9. The minimum absolute atomic E-state index is 0.125. The van der Waals surface area contributed by atoms with Gasteiger partial charge >= 0.3 is 0 Å². The first-order valence-electron chi connectivity index (χ1n) is 4.87. The highest BCUT2D eigenvalue weighted by Gasteiger charge is 2.38. The summed E-state index contributed by atoms with van der Waals surface area (Å²) in [5, 5.41) is 0. The van der Waals surface area contributed by atoms with Gasteiger partial charge in [0, 0.05) is 12.2 Å². The van der Waals surface area contributed by atoms with Crippen molar-refractivity contribution in [1.29, 1.82) is 0 Å². The van der Waals surface area contributed by atoms with Crippen molar-refractivity contribution in [3.63, 3.8) is 0 Å². The number of aryl methyl sites for hydroxylation is 1. The summed E-state index contributed by atoms with van der Waals surface area (Å²) in [5.41, 5.74) is 1.59. The lowest BCUT2D eigenvalue weighted by molar-refractivity contribution is 0.0607. The molecule has 0 N–H and O–H groups in total. The molecular weight excluding hydrogens is 192 g/mol. The topological polar surface area (TPSA) is 50.3 Å². The van der Waals surface area contributed by atoms with E-state index >= 15 is 0 Å². The third kappa shape index (κ3) is 1.33. The lowest BCUT2D eigenvalue weighted by atomic mass is 10.2. The Morgan fingerprint density at radius 2 is 1.93 bits per heavy atom. The fourth-order valence-corrected chi connectivity index (χ4v) is 1.71. The summed E-state index contributed by atoms with van der Waals surface area (Å²) in [6.07, 6.45) is 1.60. The van der Waals surface area contributed by atoms with E-state index < -0.39 is 0 Å². The van der Waals surface area contributed by atoms with Gasteiger partial charge in [-0.15, -0.1) is 0 Å². The molecule has 78 valence electrons. The summed E-state index contributed by atoms with van der Waals surface area (Å²) >= 11 is 0. The van der Waals surface area contributed by atoms with E-state index in [1.54, 1.807) is 12.3 Å². The van der Waals surface area contributed by atoms with Crippen LogP contribution in [0.25, 0.3) is 0 Å². The van der Waals surface area contributed by atoms with Crippen LogP contribution < -0.4 is 0 Å². The van der Waals surface area contributed by atoms with Gasteiger partial charge in [-0.3, -0.25) is 14.5 Å². The van der Waals surface area contributed by atoms with Gasteiger partial charge in [0.1, 0.15) is 5.69 Å². The molecule has 0 aromatic carbocycles. The fourth-order valence-electron chi connectivity index (χ4n) is 1.71. The molecule has 2 amide bonds. The second kappa shape index (κ2) is 3.15. The van der Waals surface area contributed by atoms with Crippen molar-refractivity contribution in [3.8, 4) is 0 Å². The van der Waals surface area contributed by atoms with Crippen LogP contribution in [0.1, 0.15) is 40.3 Å². The van der Waals surface area contributed by atoms with E-state index in [2.05, 4.69) is 4.98 Å². The Balaban J connectivity index is 2.56. The number of pyridine rings is 1. The molecule has 0 saturated carbocycles. The van der Waals surface area contributed by atoms with Crippen molar-refractivity contribution in [3.05, 3.63) is 29.1 Å². The zero-order valence-electron chi connectivity index (χ0n) is 8.94. The van der Waals surface area contributed by atoms with Gasteiger partial charge in [0.25, 0.3) is 11.8 Å². The molecule has 2 rings (SSSR count). The number of rotatable bonds is 1. The SMILES string of the molecule is Cc1cnc2c(c1)C(=O)N(C(C)C)C2=O. The molecule has 1 aromatic heterocycles. The molecule has 0 fully saturated rings. The standard InChI is InChI=1S/C11H12N2O2/c1-6(2)13-10(14)8-4-7(3)5-12-9(8)11(13)15/h4-6H,1-3H3. The zero-order valence-corrected chi connectivity index (χ0v) is 8.94. The molecule has 0 unspecified atom stereocenters. The predicted octanol–water partition coefficient (Wildman–Crippen LogP) is 1.39. The third-order valence-electron chi connectivity index (χ3n) is 2.41. The third-order valence-corrected chi connectivity index (χ3v) is 2.41. The molecule has 1 aliphatic heterocycles. The van der Waals surface area contributed by atoms with Gasteiger partial charge in [-0.25, -0.2) is 4.98 Å². The van der Waals surface area contributed by atoms with Crippen LogP contribution in [-0.4, -0.2) is 27.7 Å². The molecule has 0 spiro atoms. The monoisotopic (exact) mass is 204 g/mol. The molecule has 0 saturated heterocycles. The number of hydrogen-bond donors (Lipinski definition) is 0. The van der Waals surface area contributed by atoms with E-state index in [4.69, 9.17) is 0 Å². The van der Waals surface area contributed by atoms with Crippen LogP contribution in [0.3, 0.4) is 0 Å². The van der Waals surface area contributed by atoms with Gasteiger partial charge in [0.2, 0.25) is 0 Å². The highest BCUT2D eigenvalue weighted by Crippen LogP contribution is 2.23. The quantitative estimate of drug-likeness (QED) is 0.649. The minimum Gasteiger partial charge on any atom is -0.270 e. The molecule has 15 heavy (non-hydrogen) atoms. The molecule has 1 aliphatic rings. The Bertz CT molecular complexity index is 452. The lowest BCUT2D eigenvalue weighted by Gasteiger charge is -2.17. The average molecular weight is 204 g/mol. The fraction of sp³-hybridized carbons (Fsp3) is 0.364. The molecule has 0 atom stereocenters. The van der Waals surface area contributed by atoms with Gasteiger partial charge in [0.05, 0.1) is 5.56 Å². The van der Waals surface area contributed by atoms with E-state index in [0.29, 0.717) is 5.56 Å². The Hall–Kier alpha value is -1.71. The van der Waals surface area contributed by atoms with Crippen molar-refractivity contribution < 1.29 is 9.59 Å². The smallest absolute Gasteiger partial charge is 0.270 e. The van der Waals surface area contributed by atoms with Crippen LogP contribution in [0.5, 0.6) is 0 Å². The van der Waals surface area contributed by atoms with E-state index in [0.717, 1.165) is 5.56 Å². The van der Waals surface area contributed by atoms with Crippen LogP contribution in [0.4, 0.5) is 0 Å². The van der Waals surface area contributed by atoms with Gasteiger partial charge in [-0.2, -0.15) is 0 Å². The molecular formula is C11H12N2O2. The summed E-state index contributed by atoms with van der Waals surface area (Å²) < 4.78 is 0. The highest BCUT2D eigenvalue weighted by molar-refractivity contribution is 6.20. The highest BCUT2D eigenvalue weighted by atomic mass is 16.2. The van der Waals surface area contributed by atoms with Crippen molar-refractivity contribution >= 4 is 11.8 Å². The zero-order chi connectivity index (χ0) is 11.2. The number of carbonyl (C=O) groups is 2. The van der Waals surface area contributed by atoms with Gasteiger partial charge < -0.3 is 0 Å². The molecule has 0 radical (unpaired) electrons. The Kier molecular flexibility index (Phi) is 2.07. The molecule has 4 heteroatoms. The van der Waals surface area contributed by atoms with Crippen molar-refractivity contribution in [1.82, 2.24) is 9.88 Å². The maximum atomic E-state index is 11.9. The first-order chi connectivity index (χ1) is 7.02. The number of amides is 2. The Labute approximate surface area is 87.9 Å². The summed E-state index contributed by atoms with van der Waals surface area (Å²) in [6.45, 7) is 5.48. The predicted molar refractivity (Wildman–Crippen MR) is 54.6 cm³/mol. The minimum atomic E-state index is -0.287. The van der Waals surface area contributed by atoms with Crippen LogP contribution >= 0.6 is 0 Å². The first-order valence-corrected chi connectivity index (χ1v) is 4.87. The number of fused-ring (bicyclic) bond motifs is 1. The van der Waals surface area contributed by atoms with E-state index in [-0.39, 0.29) is 23.6 Å². The van der Waals surface area contributed by atoms with Crippen LogP contribution in [0, 0.1) is 6.92 Å². The molecule has 0 aliphatic carbocycles. The maximum absolute atomic E-state index is 11.9. The van der Waals surface area contributed by atoms with Gasteiger partial charge in [-0.05, 0) is 32.4 Å². The second-order valence-electron chi connectivity index (χ2n) is 3.98. The molecule has 2 heterocycles. The molecule has 4 nitrogen and oxygen atoms in total. The number of hydrogen-bond acceptors (Lipinski definition) is 3. The molecule has 1 aromatic rings. The maximum Gasteiger partial charge on any atom is 0.280 e. The number of carbonyl (C=O) groups excluding carboxylic acids is 2. The average Bonchev–Trinajstić information content (AvgIpc) is 2.39. The molecule has 0 bridgehead atoms. The summed E-state index contributed by atoms with van der Waals surface area (Å²) in [7, 11) is 0. The Morgan fingerprint density at radius 3 is 2.53 bits per heavy atom. The van der Waals surface area contributed by atoms with Crippen molar-refractivity contribution in [2.45, 2.75) is 26.8 Å². The Morgan fingerprint density at radius 1 is 1.27 bits per heavy atom. The largest absolute Gasteiger partial charge is 0.280 e. The second-order valence-corrected chi connectivity index (χ2v) is 3.98. The normalized spacial score (nSPS) is 15.1. The van der Waals surface area contributed by atoms with Gasteiger partial charge in [0.15, 0.2) is 0 Å². The van der Waals surface area contributed by atoms with Crippen LogP contribution in [-0.2, 0) is 0 Å². The van der Waals surface area contributed by atoms with Crippen molar-refractivity contribution in [2.75, 3.05) is 0 Å². The van der Waals surface area contributed by atoms with Gasteiger partial charge in [-0.1, -0.05) is 0 Å². The van der Waals surface area contributed by atoms with E-state index in [9.17, 15) is 9.59 Å². The number of aromatic nitrogens is 1.